The third-order valence-corrected chi connectivity index (χ3v) is 2.46. The Morgan fingerprint density at radius 1 is 1.38 bits per heavy atom. The molecule has 0 spiro atoms. The maximum Gasteiger partial charge on any atom is 0.169 e. The molecule has 0 aromatic carbocycles. The van der Waals surface area contributed by atoms with E-state index in [4.69, 9.17) is 4.42 Å². The fraction of sp³-hybridized carbons (Fsp3) is 0.600. The molecule has 13 heavy (non-hydrogen) atoms. The molecule has 1 aromatic heterocycles. The van der Waals surface area contributed by atoms with Crippen LogP contribution in [0.15, 0.2) is 21.2 Å². The number of hydrogen-bond donors (Lipinski definition) is 1. The van der Waals surface area contributed by atoms with Crippen molar-refractivity contribution in [2.45, 2.75) is 26.8 Å². The topological polar surface area (TPSA) is 25.2 Å². The van der Waals surface area contributed by atoms with Gasteiger partial charge >= 0.3 is 0 Å². The predicted octanol–water partition coefficient (Wildman–Crippen LogP) is 3.35. The van der Waals surface area contributed by atoms with Crippen molar-refractivity contribution in [3.63, 3.8) is 0 Å². The van der Waals surface area contributed by atoms with Gasteiger partial charge in [-0.15, -0.1) is 0 Å². The molecule has 0 radical (unpaired) electrons. The monoisotopic (exact) mass is 245 g/mol. The average molecular weight is 246 g/mol. The Hall–Kier alpha value is -0.280. The van der Waals surface area contributed by atoms with Gasteiger partial charge in [0.25, 0.3) is 0 Å². The van der Waals surface area contributed by atoms with Crippen molar-refractivity contribution < 1.29 is 4.42 Å². The Balaban J connectivity index is 2.91. The van der Waals surface area contributed by atoms with Gasteiger partial charge in [0.1, 0.15) is 5.76 Å². The summed E-state index contributed by atoms with van der Waals surface area (Å²) in [5.74, 6) is 0.974. The fourth-order valence-corrected chi connectivity index (χ4v) is 1.80. The van der Waals surface area contributed by atoms with Crippen molar-refractivity contribution in [3.8, 4) is 0 Å². The van der Waals surface area contributed by atoms with E-state index >= 15 is 0 Å². The van der Waals surface area contributed by atoms with Gasteiger partial charge in [0.05, 0.1) is 6.04 Å². The lowest BCUT2D eigenvalue weighted by Crippen LogP contribution is -2.29. The molecule has 0 amide bonds. The Morgan fingerprint density at radius 3 is 2.31 bits per heavy atom. The molecule has 0 fully saturated rings. The highest BCUT2D eigenvalue weighted by Crippen LogP contribution is 2.33. The van der Waals surface area contributed by atoms with E-state index in [0.717, 1.165) is 10.4 Å². The van der Waals surface area contributed by atoms with Crippen LogP contribution in [0.4, 0.5) is 0 Å². The van der Waals surface area contributed by atoms with Gasteiger partial charge in [0.2, 0.25) is 0 Å². The van der Waals surface area contributed by atoms with Gasteiger partial charge in [0, 0.05) is 0 Å². The van der Waals surface area contributed by atoms with Crippen molar-refractivity contribution in [2.75, 3.05) is 7.05 Å². The third kappa shape index (κ3) is 2.58. The van der Waals surface area contributed by atoms with Crippen LogP contribution in [0.2, 0.25) is 0 Å². The van der Waals surface area contributed by atoms with Crippen molar-refractivity contribution in [2.24, 2.45) is 5.41 Å². The lowest BCUT2D eigenvalue weighted by Gasteiger charge is -2.28. The van der Waals surface area contributed by atoms with Gasteiger partial charge in [-0.1, -0.05) is 20.8 Å². The van der Waals surface area contributed by atoms with Crippen molar-refractivity contribution >= 4 is 15.9 Å². The average Bonchev–Trinajstić information content (AvgIpc) is 2.34. The summed E-state index contributed by atoms with van der Waals surface area (Å²) in [6.07, 6.45) is 0. The van der Waals surface area contributed by atoms with E-state index in [-0.39, 0.29) is 11.5 Å². The van der Waals surface area contributed by atoms with Crippen LogP contribution < -0.4 is 5.32 Å². The Labute approximate surface area is 87.8 Å². The molecule has 0 bridgehead atoms. The lowest BCUT2D eigenvalue weighted by atomic mass is 9.85. The van der Waals surface area contributed by atoms with Gasteiger partial charge < -0.3 is 9.73 Å². The maximum absolute atomic E-state index is 5.52. The van der Waals surface area contributed by atoms with Gasteiger partial charge in [-0.3, -0.25) is 0 Å². The van der Waals surface area contributed by atoms with E-state index in [1.165, 1.54) is 0 Å². The number of nitrogens with one attached hydrogen (secondary N) is 1. The van der Waals surface area contributed by atoms with Gasteiger partial charge in [0.15, 0.2) is 4.67 Å². The van der Waals surface area contributed by atoms with E-state index in [1.807, 2.05) is 19.2 Å². The van der Waals surface area contributed by atoms with E-state index in [0.29, 0.717) is 0 Å². The summed E-state index contributed by atoms with van der Waals surface area (Å²) >= 11 is 3.30. The molecule has 3 heteroatoms. The molecular formula is C10H16BrNO. The first-order chi connectivity index (χ1) is 5.95. The minimum absolute atomic E-state index is 0.159. The quantitative estimate of drug-likeness (QED) is 0.865. The van der Waals surface area contributed by atoms with E-state index in [2.05, 4.69) is 42.0 Å². The molecule has 1 unspecified atom stereocenters. The standard InChI is InChI=1S/C10H16BrNO/c1-10(2,3)9(12-4)7-5-6-8(11)13-7/h5-6,9,12H,1-4H3. The van der Waals surface area contributed by atoms with Crippen LogP contribution in [0.3, 0.4) is 0 Å². The van der Waals surface area contributed by atoms with Crippen molar-refractivity contribution in [3.05, 3.63) is 22.6 Å². The summed E-state index contributed by atoms with van der Waals surface area (Å²) < 4.78 is 6.30. The molecule has 0 saturated heterocycles. The van der Waals surface area contributed by atoms with Crippen LogP contribution in [-0.4, -0.2) is 7.05 Å². The second-order valence-corrected chi connectivity index (χ2v) is 5.01. The molecule has 0 aliphatic rings. The summed E-state index contributed by atoms with van der Waals surface area (Å²) in [7, 11) is 1.95. The van der Waals surface area contributed by atoms with Gasteiger partial charge in [-0.05, 0) is 40.5 Å². The van der Waals surface area contributed by atoms with Crippen LogP contribution in [0.1, 0.15) is 32.6 Å². The number of halogens is 1. The molecule has 1 aromatic rings. The highest BCUT2D eigenvalue weighted by atomic mass is 79.9. The van der Waals surface area contributed by atoms with Crippen LogP contribution >= 0.6 is 15.9 Å². The molecule has 1 atom stereocenters. The molecule has 1 heterocycles. The molecule has 0 saturated carbocycles. The minimum Gasteiger partial charge on any atom is -0.453 e. The van der Waals surface area contributed by atoms with Crippen LogP contribution in [-0.2, 0) is 0 Å². The smallest absolute Gasteiger partial charge is 0.169 e. The molecule has 74 valence electrons. The minimum atomic E-state index is 0.159. The molecule has 0 aliphatic heterocycles. The normalized spacial score (nSPS) is 14.5. The number of furan rings is 1. The molecule has 0 aliphatic carbocycles. The molecule has 2 nitrogen and oxygen atoms in total. The summed E-state index contributed by atoms with van der Waals surface area (Å²) in [6, 6.07) is 4.17. The number of rotatable bonds is 2. The predicted molar refractivity (Wildman–Crippen MR) is 57.7 cm³/mol. The number of hydrogen-bond acceptors (Lipinski definition) is 2. The summed E-state index contributed by atoms with van der Waals surface area (Å²) in [5.41, 5.74) is 0.159. The fourth-order valence-electron chi connectivity index (χ4n) is 1.49. The molecular weight excluding hydrogens is 230 g/mol. The SMILES string of the molecule is CNC(c1ccc(Br)o1)C(C)(C)C. The Kier molecular flexibility index (Phi) is 3.19. The van der Waals surface area contributed by atoms with E-state index in [9.17, 15) is 0 Å². The van der Waals surface area contributed by atoms with Crippen LogP contribution in [0, 0.1) is 5.41 Å². The summed E-state index contributed by atoms with van der Waals surface area (Å²) in [5, 5.41) is 3.26. The first-order valence-corrected chi connectivity index (χ1v) is 5.17. The van der Waals surface area contributed by atoms with E-state index in [1.54, 1.807) is 0 Å². The van der Waals surface area contributed by atoms with Crippen LogP contribution in [0.25, 0.3) is 0 Å². The molecule has 1 N–H and O–H groups in total. The second-order valence-electron chi connectivity index (χ2n) is 4.23. The second kappa shape index (κ2) is 3.84. The zero-order chi connectivity index (χ0) is 10.1. The summed E-state index contributed by atoms with van der Waals surface area (Å²) in [4.78, 5) is 0. The first kappa shape index (κ1) is 10.8. The van der Waals surface area contributed by atoms with E-state index < -0.39 is 0 Å². The zero-order valence-corrected chi connectivity index (χ0v) is 10.1. The van der Waals surface area contributed by atoms with Crippen LogP contribution in [0.5, 0.6) is 0 Å². The van der Waals surface area contributed by atoms with Crippen molar-refractivity contribution in [1.82, 2.24) is 5.32 Å². The first-order valence-electron chi connectivity index (χ1n) is 4.37. The third-order valence-electron chi connectivity index (χ3n) is 2.03. The van der Waals surface area contributed by atoms with Gasteiger partial charge in [-0.25, -0.2) is 0 Å². The highest BCUT2D eigenvalue weighted by molar-refractivity contribution is 9.10. The largest absolute Gasteiger partial charge is 0.453 e. The Bertz CT molecular complexity index is 275. The maximum atomic E-state index is 5.52. The lowest BCUT2D eigenvalue weighted by molar-refractivity contribution is 0.247. The van der Waals surface area contributed by atoms with Crippen molar-refractivity contribution in [1.29, 1.82) is 0 Å². The summed E-state index contributed by atoms with van der Waals surface area (Å²) in [6.45, 7) is 6.56. The highest BCUT2D eigenvalue weighted by Gasteiger charge is 2.27. The Morgan fingerprint density at radius 2 is 2.00 bits per heavy atom. The molecule has 1 rings (SSSR count). The zero-order valence-electron chi connectivity index (χ0n) is 8.52. The van der Waals surface area contributed by atoms with Gasteiger partial charge in [-0.2, -0.15) is 0 Å².